The molecule has 1 aromatic rings. The number of hydrogen-bond acceptors (Lipinski definition) is 9. The predicted octanol–water partition coefficient (Wildman–Crippen LogP) is -9.07. The van der Waals surface area contributed by atoms with E-state index in [2.05, 4.69) is 0 Å². The van der Waals surface area contributed by atoms with Crippen LogP contribution in [0.3, 0.4) is 0 Å². The van der Waals surface area contributed by atoms with Gasteiger partial charge in [0.05, 0.1) is 30.0 Å². The summed E-state index contributed by atoms with van der Waals surface area (Å²) in [6.45, 7) is 0.166. The molecule has 0 spiro atoms. The van der Waals surface area contributed by atoms with Gasteiger partial charge >= 0.3 is 65.1 Å². The second-order valence-corrected chi connectivity index (χ2v) is 9.35. The van der Waals surface area contributed by atoms with Gasteiger partial charge < -0.3 is 29.4 Å². The van der Waals surface area contributed by atoms with Gasteiger partial charge in [-0.1, -0.05) is 30.3 Å². The Morgan fingerprint density at radius 1 is 1.16 bits per heavy atom. The van der Waals surface area contributed by atoms with Crippen molar-refractivity contribution in [1.29, 1.82) is 0 Å². The summed E-state index contributed by atoms with van der Waals surface area (Å²) in [4.78, 5) is 47.2. The van der Waals surface area contributed by atoms with Crippen molar-refractivity contribution in [2.24, 2.45) is 0 Å². The molecule has 31 heavy (non-hydrogen) atoms. The van der Waals surface area contributed by atoms with Crippen LogP contribution in [0.15, 0.2) is 42.0 Å². The van der Waals surface area contributed by atoms with Crippen molar-refractivity contribution < 1.29 is 102 Å². The van der Waals surface area contributed by atoms with Gasteiger partial charge in [0.25, 0.3) is 5.91 Å². The molecule has 0 saturated carbocycles. The van der Waals surface area contributed by atoms with Gasteiger partial charge in [-0.05, 0) is 18.6 Å². The van der Waals surface area contributed by atoms with Crippen LogP contribution < -0.4 is 69.3 Å². The number of sulfone groups is 1. The Bertz CT molecular complexity index is 1040. The summed E-state index contributed by atoms with van der Waals surface area (Å²) in [6.07, 6.45) is 0.148. The Hall–Kier alpha value is -1.21. The largest absolute Gasteiger partial charge is 1.00 e. The second-order valence-electron chi connectivity index (χ2n) is 6.89. The van der Waals surface area contributed by atoms with E-state index < -0.39 is 62.0 Å². The maximum absolute atomic E-state index is 13.0. The van der Waals surface area contributed by atoms with Gasteiger partial charge in [-0.2, -0.15) is 0 Å². The van der Waals surface area contributed by atoms with E-state index in [4.69, 9.17) is 4.74 Å². The standard InChI is InChI=1S/C18H17NO9S.2Na/c1-18(9-28-13(22)7-10-5-3-2-4-6-10)14(17(24)25)19-15(23)11(8-12(20)21)16(19)29(18,26)27;;/h2-6,8,14,16H,7,9H2,1H3,(H,20,21)(H,24,25);;/q;2*+1/p-2/b11-8-;;/t14-,16?,18-;;/m0../s1. The minimum atomic E-state index is -4.47. The van der Waals surface area contributed by atoms with E-state index in [1.807, 2.05) is 0 Å². The molecule has 0 radical (unpaired) electrons. The molecule has 2 aliphatic rings. The molecule has 0 aromatic heterocycles. The fourth-order valence-corrected chi connectivity index (χ4v) is 5.81. The van der Waals surface area contributed by atoms with Crippen LogP contribution in [0.2, 0.25) is 0 Å². The maximum atomic E-state index is 13.0. The van der Waals surface area contributed by atoms with Gasteiger partial charge in [0, 0.05) is 0 Å². The fourth-order valence-electron chi connectivity index (χ4n) is 3.54. The van der Waals surface area contributed by atoms with Crippen molar-refractivity contribution in [3.05, 3.63) is 47.5 Å². The first-order valence-corrected chi connectivity index (χ1v) is 9.94. The van der Waals surface area contributed by atoms with Crippen LogP contribution in [0.4, 0.5) is 0 Å². The molecule has 154 valence electrons. The van der Waals surface area contributed by atoms with Gasteiger partial charge in [-0.15, -0.1) is 0 Å². The molecule has 3 atom stereocenters. The van der Waals surface area contributed by atoms with E-state index >= 15 is 0 Å². The first kappa shape index (κ1) is 27.8. The Balaban J connectivity index is 0.00000240. The molecule has 3 rings (SSSR count). The Kier molecular flexibility index (Phi) is 9.12. The molecule has 0 bridgehead atoms. The number of carboxylic acid groups (broad SMARTS) is 2. The number of hydrogen-bond donors (Lipinski definition) is 0. The van der Waals surface area contributed by atoms with Gasteiger partial charge in [0.2, 0.25) is 0 Å². The summed E-state index contributed by atoms with van der Waals surface area (Å²) in [6, 6.07) is 6.48. The number of amides is 1. The van der Waals surface area contributed by atoms with Crippen LogP contribution in [0, 0.1) is 0 Å². The molecule has 10 nitrogen and oxygen atoms in total. The molecular formula is C18H15NNa2O9S. The number of ether oxygens (including phenoxy) is 1. The summed E-state index contributed by atoms with van der Waals surface area (Å²) in [5.41, 5.74) is -0.0119. The zero-order chi connectivity index (χ0) is 21.6. The van der Waals surface area contributed by atoms with E-state index in [-0.39, 0.29) is 65.5 Å². The van der Waals surface area contributed by atoms with E-state index in [9.17, 15) is 37.8 Å². The number of esters is 1. The number of nitrogens with zero attached hydrogens (tertiary/aromatic N) is 1. The third kappa shape index (κ3) is 4.77. The van der Waals surface area contributed by atoms with Crippen molar-refractivity contribution in [1.82, 2.24) is 4.90 Å². The van der Waals surface area contributed by atoms with Crippen LogP contribution in [0.5, 0.6) is 0 Å². The number of carbonyl (C=O) groups excluding carboxylic acids is 4. The quantitative estimate of drug-likeness (QED) is 0.171. The molecule has 2 saturated heterocycles. The van der Waals surface area contributed by atoms with Crippen LogP contribution in [-0.4, -0.2) is 59.9 Å². The number of rotatable bonds is 6. The molecule has 1 amide bonds. The van der Waals surface area contributed by atoms with Crippen molar-refractivity contribution in [2.45, 2.75) is 29.5 Å². The summed E-state index contributed by atoms with van der Waals surface area (Å²) < 4.78 is 28.7. The summed E-state index contributed by atoms with van der Waals surface area (Å²) in [5.74, 6) is -5.53. The van der Waals surface area contributed by atoms with E-state index in [1.165, 1.54) is 0 Å². The van der Waals surface area contributed by atoms with Crippen LogP contribution in [0.1, 0.15) is 12.5 Å². The molecule has 0 aliphatic carbocycles. The molecule has 1 aromatic carbocycles. The normalized spacial score (nSPS) is 26.7. The number of carbonyl (C=O) groups is 4. The van der Waals surface area contributed by atoms with Crippen molar-refractivity contribution in [3.8, 4) is 0 Å². The summed E-state index contributed by atoms with van der Waals surface area (Å²) in [7, 11) is -4.47. The van der Waals surface area contributed by atoms with Crippen LogP contribution in [0.25, 0.3) is 0 Å². The minimum Gasteiger partial charge on any atom is -0.548 e. The summed E-state index contributed by atoms with van der Waals surface area (Å²) in [5, 5.41) is 20.6. The Morgan fingerprint density at radius 3 is 2.26 bits per heavy atom. The third-order valence-electron chi connectivity index (χ3n) is 5.01. The van der Waals surface area contributed by atoms with E-state index in [1.54, 1.807) is 30.3 Å². The number of carboxylic acids is 2. The third-order valence-corrected chi connectivity index (χ3v) is 7.72. The zero-order valence-corrected chi connectivity index (χ0v) is 21.9. The van der Waals surface area contributed by atoms with E-state index in [0.29, 0.717) is 16.5 Å². The van der Waals surface area contributed by atoms with Crippen LogP contribution >= 0.6 is 0 Å². The molecule has 13 heteroatoms. The molecular weight excluding hydrogens is 452 g/mol. The van der Waals surface area contributed by atoms with Crippen molar-refractivity contribution in [3.63, 3.8) is 0 Å². The number of β-lactam (4-membered cyclic amide) rings is 1. The van der Waals surface area contributed by atoms with Gasteiger partial charge in [-0.3, -0.25) is 9.59 Å². The fraction of sp³-hybridized carbons (Fsp3) is 0.333. The monoisotopic (exact) mass is 467 g/mol. The zero-order valence-electron chi connectivity index (χ0n) is 17.1. The average Bonchev–Trinajstić information content (AvgIpc) is 2.80. The van der Waals surface area contributed by atoms with E-state index in [0.717, 1.165) is 6.92 Å². The average molecular weight is 467 g/mol. The smallest absolute Gasteiger partial charge is 0.548 e. The van der Waals surface area contributed by atoms with Crippen LogP contribution in [-0.2, 0) is 40.2 Å². The first-order chi connectivity index (χ1) is 13.5. The molecule has 2 aliphatic heterocycles. The number of benzene rings is 1. The first-order valence-electron chi connectivity index (χ1n) is 8.40. The SMILES string of the molecule is C[C@]1(COC(=O)Cc2ccccc2)[C@H](C(=O)[O-])N2C(=O)/C(=C/C(=O)[O-])C2S1(=O)=O.[Na+].[Na+]. The second kappa shape index (κ2) is 10.2. The molecule has 0 N–H and O–H groups in total. The molecule has 1 unspecified atom stereocenters. The minimum absolute atomic E-state index is 0. The predicted molar refractivity (Wildman–Crippen MR) is 90.9 cm³/mol. The Labute approximate surface area is 222 Å². The maximum Gasteiger partial charge on any atom is 1.00 e. The van der Waals surface area contributed by atoms with Crippen molar-refractivity contribution in [2.75, 3.05) is 6.61 Å². The van der Waals surface area contributed by atoms with Crippen molar-refractivity contribution >= 4 is 33.7 Å². The molecule has 2 heterocycles. The topological polar surface area (TPSA) is 161 Å². The van der Waals surface area contributed by atoms with Gasteiger partial charge in [0.1, 0.15) is 11.4 Å². The van der Waals surface area contributed by atoms with Gasteiger partial charge in [-0.25, -0.2) is 8.42 Å². The summed E-state index contributed by atoms with van der Waals surface area (Å²) >= 11 is 0. The van der Waals surface area contributed by atoms with Gasteiger partial charge in [0.15, 0.2) is 15.2 Å². The number of fused-ring (bicyclic) bond motifs is 1. The number of aliphatic carboxylic acids is 2. The Morgan fingerprint density at radius 2 is 1.74 bits per heavy atom. The molecule has 2 fully saturated rings.